The van der Waals surface area contributed by atoms with E-state index in [1.807, 2.05) is 0 Å². The number of carbonyl (C=O) groups excluding carboxylic acids is 1. The lowest BCUT2D eigenvalue weighted by molar-refractivity contribution is 0.102. The average Bonchev–Trinajstić information content (AvgIpc) is 3.05. The third-order valence-corrected chi connectivity index (χ3v) is 7.26. The van der Waals surface area contributed by atoms with E-state index in [0.717, 1.165) is 17.7 Å². The van der Waals surface area contributed by atoms with Crippen LogP contribution in [0, 0.1) is 5.82 Å². The fourth-order valence-electron chi connectivity index (χ4n) is 3.59. The molecule has 1 atom stereocenters. The Morgan fingerprint density at radius 3 is 2.50 bits per heavy atom. The lowest BCUT2D eigenvalue weighted by Crippen LogP contribution is -2.35. The van der Waals surface area contributed by atoms with Crippen LogP contribution in [0.2, 0.25) is 5.02 Å². The van der Waals surface area contributed by atoms with Crippen molar-refractivity contribution in [2.45, 2.75) is 24.3 Å². The zero-order valence-corrected chi connectivity index (χ0v) is 17.5. The van der Waals surface area contributed by atoms with E-state index in [-0.39, 0.29) is 16.8 Å². The van der Waals surface area contributed by atoms with Crippen LogP contribution >= 0.6 is 11.6 Å². The molecule has 5 nitrogen and oxygen atoms in total. The maximum Gasteiger partial charge on any atom is 0.264 e. The van der Waals surface area contributed by atoms with Gasteiger partial charge in [-0.2, -0.15) is 0 Å². The van der Waals surface area contributed by atoms with Gasteiger partial charge in [-0.05, 0) is 73.5 Å². The van der Waals surface area contributed by atoms with Gasteiger partial charge in [-0.3, -0.25) is 9.10 Å². The molecule has 0 aliphatic carbocycles. The first-order valence-corrected chi connectivity index (χ1v) is 11.1. The van der Waals surface area contributed by atoms with Crippen LogP contribution in [0.15, 0.2) is 71.6 Å². The van der Waals surface area contributed by atoms with Gasteiger partial charge < -0.3 is 5.32 Å². The zero-order valence-electron chi connectivity index (χ0n) is 16.0. The zero-order chi connectivity index (χ0) is 21.5. The van der Waals surface area contributed by atoms with E-state index in [4.69, 9.17) is 11.6 Å². The van der Waals surface area contributed by atoms with E-state index in [2.05, 4.69) is 5.32 Å². The Labute approximate surface area is 179 Å². The number of rotatable bonds is 4. The van der Waals surface area contributed by atoms with E-state index in [9.17, 15) is 17.6 Å². The molecule has 1 amide bonds. The summed E-state index contributed by atoms with van der Waals surface area (Å²) in [4.78, 5) is 12.7. The topological polar surface area (TPSA) is 66.5 Å². The van der Waals surface area contributed by atoms with Crippen molar-refractivity contribution in [3.05, 3.63) is 88.7 Å². The van der Waals surface area contributed by atoms with Crippen LogP contribution in [-0.4, -0.2) is 20.4 Å². The van der Waals surface area contributed by atoms with Gasteiger partial charge in [0.2, 0.25) is 0 Å². The number of sulfonamides is 1. The van der Waals surface area contributed by atoms with E-state index in [0.29, 0.717) is 28.4 Å². The van der Waals surface area contributed by atoms with Crippen molar-refractivity contribution in [2.75, 3.05) is 9.62 Å². The van der Waals surface area contributed by atoms with Crippen LogP contribution in [0.25, 0.3) is 0 Å². The lowest BCUT2D eigenvalue weighted by Gasteiger charge is -2.24. The summed E-state index contributed by atoms with van der Waals surface area (Å²) in [5.74, 6) is -0.837. The quantitative estimate of drug-likeness (QED) is 0.624. The molecule has 0 bridgehead atoms. The first-order chi connectivity index (χ1) is 14.3. The van der Waals surface area contributed by atoms with Gasteiger partial charge in [0.25, 0.3) is 15.9 Å². The molecule has 1 aliphatic heterocycles. The summed E-state index contributed by atoms with van der Waals surface area (Å²) < 4.78 is 40.8. The third-order valence-electron chi connectivity index (χ3n) is 4.99. The summed E-state index contributed by atoms with van der Waals surface area (Å²) in [6, 6.07) is 16.2. The number of benzene rings is 3. The molecule has 0 spiro atoms. The third kappa shape index (κ3) is 3.66. The summed E-state index contributed by atoms with van der Waals surface area (Å²) in [5, 5.41) is 3.19. The van der Waals surface area contributed by atoms with Crippen molar-refractivity contribution in [1.82, 2.24) is 0 Å². The van der Waals surface area contributed by atoms with Gasteiger partial charge in [0, 0.05) is 11.6 Å². The van der Waals surface area contributed by atoms with Gasteiger partial charge in [0.05, 0.1) is 21.3 Å². The van der Waals surface area contributed by atoms with Crippen LogP contribution in [0.5, 0.6) is 0 Å². The summed E-state index contributed by atoms with van der Waals surface area (Å²) in [7, 11) is -3.86. The highest BCUT2D eigenvalue weighted by molar-refractivity contribution is 7.92. The summed E-state index contributed by atoms with van der Waals surface area (Å²) in [5.41, 5.74) is 2.17. The predicted molar refractivity (Wildman–Crippen MR) is 115 cm³/mol. The number of nitrogens with zero attached hydrogens (tertiary/aromatic N) is 1. The number of anilines is 2. The Bertz CT molecular complexity index is 1230. The molecule has 3 aromatic rings. The van der Waals surface area contributed by atoms with Crippen molar-refractivity contribution in [1.29, 1.82) is 0 Å². The highest BCUT2D eigenvalue weighted by Gasteiger charge is 2.36. The number of hydrogen-bond acceptors (Lipinski definition) is 3. The van der Waals surface area contributed by atoms with Crippen molar-refractivity contribution < 1.29 is 17.6 Å². The van der Waals surface area contributed by atoms with Gasteiger partial charge in [-0.25, -0.2) is 12.8 Å². The van der Waals surface area contributed by atoms with Crippen molar-refractivity contribution in [3.8, 4) is 0 Å². The number of amides is 1. The van der Waals surface area contributed by atoms with Crippen LogP contribution < -0.4 is 9.62 Å². The van der Waals surface area contributed by atoms with Crippen LogP contribution in [-0.2, 0) is 16.4 Å². The number of halogens is 2. The smallest absolute Gasteiger partial charge is 0.264 e. The highest BCUT2D eigenvalue weighted by Crippen LogP contribution is 2.37. The molecular formula is C22H18ClFN2O3S. The van der Waals surface area contributed by atoms with Crippen molar-refractivity contribution in [2.24, 2.45) is 0 Å². The first kappa shape index (κ1) is 20.4. The molecule has 8 heteroatoms. The molecule has 0 saturated carbocycles. The Morgan fingerprint density at radius 1 is 1.10 bits per heavy atom. The predicted octanol–water partition coefficient (Wildman–Crippen LogP) is 4.87. The second-order valence-electron chi connectivity index (χ2n) is 7.09. The molecule has 0 saturated heterocycles. The van der Waals surface area contributed by atoms with E-state index >= 15 is 0 Å². The summed E-state index contributed by atoms with van der Waals surface area (Å²) in [6.07, 6.45) is 0.461. The van der Waals surface area contributed by atoms with E-state index in [1.54, 1.807) is 49.4 Å². The van der Waals surface area contributed by atoms with Crippen molar-refractivity contribution >= 4 is 38.9 Å². The van der Waals surface area contributed by atoms with Crippen molar-refractivity contribution in [3.63, 3.8) is 0 Å². The second kappa shape index (κ2) is 7.74. The minimum atomic E-state index is -3.86. The van der Waals surface area contributed by atoms with Gasteiger partial charge >= 0.3 is 0 Å². The van der Waals surface area contributed by atoms with Gasteiger partial charge in [0.15, 0.2) is 0 Å². The Kier molecular flexibility index (Phi) is 5.26. The number of para-hydroxylation sites is 1. The Balaban J connectivity index is 1.64. The fourth-order valence-corrected chi connectivity index (χ4v) is 5.46. The van der Waals surface area contributed by atoms with Crippen LogP contribution in [0.3, 0.4) is 0 Å². The molecule has 1 aliphatic rings. The highest BCUT2D eigenvalue weighted by atomic mass is 35.5. The first-order valence-electron chi connectivity index (χ1n) is 9.26. The Morgan fingerprint density at radius 2 is 1.80 bits per heavy atom. The molecule has 1 heterocycles. The molecular weight excluding hydrogens is 427 g/mol. The fraction of sp³-hybridized carbons (Fsp3) is 0.136. The second-order valence-corrected chi connectivity index (χ2v) is 9.31. The lowest BCUT2D eigenvalue weighted by atomic mass is 10.1. The number of nitrogens with one attached hydrogen (secondary N) is 1. The molecule has 0 fully saturated rings. The maximum atomic E-state index is 13.2. The number of hydrogen-bond donors (Lipinski definition) is 1. The number of carbonyl (C=O) groups is 1. The Hall–Kier alpha value is -2.90. The molecule has 1 N–H and O–H groups in total. The standard InChI is InChI=1S/C22H18ClFN2O3S/c1-14-12-16-13-15(22(27)25-20-5-3-2-4-19(20)23)6-11-21(16)26(14)30(28,29)18-9-7-17(24)8-10-18/h2-11,13-14H,12H2,1H3,(H,25,27)/t14-/m0/s1. The SMILES string of the molecule is C[C@H]1Cc2cc(C(=O)Nc3ccccc3Cl)ccc2N1S(=O)(=O)c1ccc(F)cc1. The monoisotopic (exact) mass is 444 g/mol. The normalized spacial score (nSPS) is 15.7. The molecule has 30 heavy (non-hydrogen) atoms. The minimum Gasteiger partial charge on any atom is -0.321 e. The van der Waals surface area contributed by atoms with E-state index < -0.39 is 15.8 Å². The van der Waals surface area contributed by atoms with Crippen LogP contribution in [0.1, 0.15) is 22.8 Å². The average molecular weight is 445 g/mol. The summed E-state index contributed by atoms with van der Waals surface area (Å²) >= 11 is 6.09. The molecule has 4 rings (SSSR count). The summed E-state index contributed by atoms with van der Waals surface area (Å²) in [6.45, 7) is 1.80. The van der Waals surface area contributed by atoms with Gasteiger partial charge in [0.1, 0.15) is 5.82 Å². The molecule has 0 unspecified atom stereocenters. The number of fused-ring (bicyclic) bond motifs is 1. The minimum absolute atomic E-state index is 0.0177. The molecule has 0 aromatic heterocycles. The van der Waals surface area contributed by atoms with Crippen LogP contribution in [0.4, 0.5) is 15.8 Å². The maximum absolute atomic E-state index is 13.2. The molecule has 0 radical (unpaired) electrons. The van der Waals surface area contributed by atoms with Gasteiger partial charge in [-0.1, -0.05) is 23.7 Å². The molecule has 3 aromatic carbocycles. The largest absolute Gasteiger partial charge is 0.321 e. The van der Waals surface area contributed by atoms with Gasteiger partial charge in [-0.15, -0.1) is 0 Å². The van der Waals surface area contributed by atoms with E-state index in [1.165, 1.54) is 16.4 Å². The molecule has 154 valence electrons.